The summed E-state index contributed by atoms with van der Waals surface area (Å²) in [4.78, 5) is 26.1. The fourth-order valence-corrected chi connectivity index (χ4v) is 2.17. The van der Waals surface area contributed by atoms with Gasteiger partial charge in [0.05, 0.1) is 18.2 Å². The standard InChI is InChI=1S/C15H22F3N5O3/c1-2-3-4-5-10(8-23(26)9-24)14(25)22-21-13-11(19)6-7-12(20-13)15(16,17)18/h6-7,9-10,26H,2-5,8,19H2,1H3,(H,20,21)(H,22,25)/t10-/m1/s1. The number of halogens is 3. The van der Waals surface area contributed by atoms with Crippen LogP contribution in [0.2, 0.25) is 0 Å². The molecule has 1 aromatic heterocycles. The van der Waals surface area contributed by atoms with Crippen LogP contribution in [0.1, 0.15) is 38.3 Å². The number of hydroxylamine groups is 2. The number of pyridine rings is 1. The van der Waals surface area contributed by atoms with Crippen molar-refractivity contribution in [3.63, 3.8) is 0 Å². The second-order valence-electron chi connectivity index (χ2n) is 5.67. The van der Waals surface area contributed by atoms with E-state index in [2.05, 4.69) is 15.8 Å². The topological polar surface area (TPSA) is 121 Å². The fraction of sp³-hybridized carbons (Fsp3) is 0.533. The Labute approximate surface area is 148 Å². The molecular formula is C15H22F3N5O3. The van der Waals surface area contributed by atoms with E-state index in [1.54, 1.807) is 0 Å². The maximum Gasteiger partial charge on any atom is 0.433 e. The number of carbonyl (C=O) groups excluding carboxylic acids is 2. The number of nitrogens with zero attached hydrogens (tertiary/aromatic N) is 2. The molecule has 0 saturated heterocycles. The van der Waals surface area contributed by atoms with E-state index in [-0.39, 0.29) is 24.5 Å². The van der Waals surface area contributed by atoms with Crippen LogP contribution in [0.4, 0.5) is 24.7 Å². The highest BCUT2D eigenvalue weighted by Crippen LogP contribution is 2.29. The summed E-state index contributed by atoms with van der Waals surface area (Å²) in [7, 11) is 0. The number of unbranched alkanes of at least 4 members (excludes halogenated alkanes) is 2. The number of carbonyl (C=O) groups is 2. The van der Waals surface area contributed by atoms with Gasteiger partial charge in [-0.2, -0.15) is 13.2 Å². The number of nitrogens with two attached hydrogens (primary N) is 1. The predicted molar refractivity (Wildman–Crippen MR) is 87.6 cm³/mol. The maximum absolute atomic E-state index is 12.7. The molecule has 0 aliphatic heterocycles. The molecule has 0 aliphatic carbocycles. The first-order chi connectivity index (χ1) is 12.2. The molecular weight excluding hydrogens is 355 g/mol. The number of hydrazine groups is 1. The van der Waals surface area contributed by atoms with E-state index in [9.17, 15) is 28.0 Å². The van der Waals surface area contributed by atoms with Gasteiger partial charge in [0.15, 0.2) is 5.82 Å². The molecule has 1 rings (SSSR count). The van der Waals surface area contributed by atoms with Crippen LogP contribution in [0, 0.1) is 5.92 Å². The average Bonchev–Trinajstić information content (AvgIpc) is 2.58. The van der Waals surface area contributed by atoms with Crippen LogP contribution in [-0.2, 0) is 15.8 Å². The van der Waals surface area contributed by atoms with Gasteiger partial charge in [0, 0.05) is 0 Å². The van der Waals surface area contributed by atoms with Gasteiger partial charge in [0.1, 0.15) is 5.69 Å². The Balaban J connectivity index is 2.78. The number of nitrogen functional groups attached to an aromatic ring is 1. The lowest BCUT2D eigenvalue weighted by Gasteiger charge is -2.20. The molecule has 1 heterocycles. The zero-order chi connectivity index (χ0) is 19.7. The van der Waals surface area contributed by atoms with Crippen molar-refractivity contribution < 1.29 is 28.0 Å². The minimum absolute atomic E-state index is 0.0856. The molecule has 5 N–H and O–H groups in total. The Morgan fingerprint density at radius 2 is 2.12 bits per heavy atom. The maximum atomic E-state index is 12.7. The predicted octanol–water partition coefficient (Wildman–Crippen LogP) is 2.17. The zero-order valence-electron chi connectivity index (χ0n) is 14.2. The Hall–Kier alpha value is -2.56. The fourth-order valence-electron chi connectivity index (χ4n) is 2.17. The minimum atomic E-state index is -4.65. The van der Waals surface area contributed by atoms with E-state index in [1.807, 2.05) is 6.92 Å². The van der Waals surface area contributed by atoms with Gasteiger partial charge >= 0.3 is 6.18 Å². The van der Waals surface area contributed by atoms with E-state index in [0.29, 0.717) is 17.9 Å². The summed E-state index contributed by atoms with van der Waals surface area (Å²) < 4.78 is 38.1. The van der Waals surface area contributed by atoms with Crippen LogP contribution < -0.4 is 16.6 Å². The Kier molecular flexibility index (Phi) is 8.10. The summed E-state index contributed by atoms with van der Waals surface area (Å²) >= 11 is 0. The van der Waals surface area contributed by atoms with E-state index < -0.39 is 23.7 Å². The molecule has 0 radical (unpaired) electrons. The zero-order valence-corrected chi connectivity index (χ0v) is 14.2. The minimum Gasteiger partial charge on any atom is -0.396 e. The molecule has 0 unspecified atom stereocenters. The molecule has 0 aromatic carbocycles. The van der Waals surface area contributed by atoms with Crippen LogP contribution in [0.3, 0.4) is 0 Å². The van der Waals surface area contributed by atoms with Crippen LogP contribution >= 0.6 is 0 Å². The van der Waals surface area contributed by atoms with Crippen molar-refractivity contribution >= 4 is 23.8 Å². The molecule has 0 bridgehead atoms. The number of nitrogens with one attached hydrogen (secondary N) is 2. The summed E-state index contributed by atoms with van der Waals surface area (Å²) in [5.74, 6) is -1.71. The highest BCUT2D eigenvalue weighted by Gasteiger charge is 2.33. The number of aromatic nitrogens is 1. The van der Waals surface area contributed by atoms with Crippen LogP contribution in [0.5, 0.6) is 0 Å². The van der Waals surface area contributed by atoms with E-state index >= 15 is 0 Å². The summed E-state index contributed by atoms with van der Waals surface area (Å²) in [5.41, 5.74) is 8.80. The molecule has 26 heavy (non-hydrogen) atoms. The first-order valence-electron chi connectivity index (χ1n) is 7.99. The third kappa shape index (κ3) is 6.75. The third-order valence-corrected chi connectivity index (χ3v) is 3.58. The number of rotatable bonds is 10. The quantitative estimate of drug-likeness (QED) is 0.215. The van der Waals surface area contributed by atoms with E-state index in [4.69, 9.17) is 5.73 Å². The van der Waals surface area contributed by atoms with Gasteiger partial charge in [-0.05, 0) is 18.6 Å². The molecule has 1 atom stereocenters. The molecule has 11 heteroatoms. The Morgan fingerprint density at radius 1 is 1.42 bits per heavy atom. The van der Waals surface area contributed by atoms with Gasteiger partial charge in [-0.1, -0.05) is 26.2 Å². The SMILES string of the molecule is CCCCC[C@H](CN(O)C=O)C(=O)NNc1nc(C(F)(F)F)ccc1N. The van der Waals surface area contributed by atoms with Gasteiger partial charge in [0.25, 0.3) is 0 Å². The van der Waals surface area contributed by atoms with Crippen molar-refractivity contribution in [1.82, 2.24) is 15.5 Å². The van der Waals surface area contributed by atoms with E-state index in [1.165, 1.54) is 0 Å². The molecule has 0 aliphatic rings. The lowest BCUT2D eigenvalue weighted by Crippen LogP contribution is -2.40. The summed E-state index contributed by atoms with van der Waals surface area (Å²) in [6.07, 6.45) is -1.65. The largest absolute Gasteiger partial charge is 0.433 e. The number of anilines is 2. The van der Waals surface area contributed by atoms with Crippen LogP contribution in [-0.4, -0.2) is 34.1 Å². The van der Waals surface area contributed by atoms with Crippen molar-refractivity contribution in [2.45, 2.75) is 38.8 Å². The molecule has 0 fully saturated rings. The number of hydrogen-bond acceptors (Lipinski definition) is 6. The highest BCUT2D eigenvalue weighted by atomic mass is 19.4. The molecule has 0 saturated carbocycles. The number of amides is 2. The van der Waals surface area contributed by atoms with Crippen molar-refractivity contribution in [2.24, 2.45) is 5.92 Å². The van der Waals surface area contributed by atoms with Gasteiger partial charge in [-0.15, -0.1) is 0 Å². The number of hydrogen-bond donors (Lipinski definition) is 4. The number of alkyl halides is 3. The summed E-state index contributed by atoms with van der Waals surface area (Å²) in [6.45, 7) is 1.73. The first kappa shape index (κ1) is 21.5. The van der Waals surface area contributed by atoms with Crippen LogP contribution in [0.25, 0.3) is 0 Å². The molecule has 146 valence electrons. The summed E-state index contributed by atoms with van der Waals surface area (Å²) in [5, 5.41) is 9.64. The van der Waals surface area contributed by atoms with Crippen LogP contribution in [0.15, 0.2) is 12.1 Å². The highest BCUT2D eigenvalue weighted by molar-refractivity contribution is 5.81. The Morgan fingerprint density at radius 3 is 2.69 bits per heavy atom. The Bertz CT molecular complexity index is 613. The van der Waals surface area contributed by atoms with E-state index in [0.717, 1.165) is 25.0 Å². The molecule has 1 aromatic rings. The molecule has 0 spiro atoms. The monoisotopic (exact) mass is 377 g/mol. The average molecular weight is 377 g/mol. The van der Waals surface area contributed by atoms with Crippen molar-refractivity contribution in [3.8, 4) is 0 Å². The molecule has 2 amide bonds. The second-order valence-corrected chi connectivity index (χ2v) is 5.67. The van der Waals surface area contributed by atoms with Gasteiger partial charge in [-0.3, -0.25) is 25.6 Å². The van der Waals surface area contributed by atoms with Crippen molar-refractivity contribution in [1.29, 1.82) is 0 Å². The van der Waals surface area contributed by atoms with Gasteiger partial charge in [-0.25, -0.2) is 10.0 Å². The lowest BCUT2D eigenvalue weighted by molar-refractivity contribution is -0.154. The first-order valence-corrected chi connectivity index (χ1v) is 7.99. The summed E-state index contributed by atoms with van der Waals surface area (Å²) in [6, 6.07) is 1.74. The molecule has 8 nitrogen and oxygen atoms in total. The normalized spacial score (nSPS) is 12.3. The van der Waals surface area contributed by atoms with Crippen molar-refractivity contribution in [2.75, 3.05) is 17.7 Å². The van der Waals surface area contributed by atoms with Crippen molar-refractivity contribution in [3.05, 3.63) is 17.8 Å². The third-order valence-electron chi connectivity index (χ3n) is 3.58. The smallest absolute Gasteiger partial charge is 0.396 e. The van der Waals surface area contributed by atoms with Gasteiger partial charge in [0.2, 0.25) is 12.3 Å². The van der Waals surface area contributed by atoms with Gasteiger partial charge < -0.3 is 5.73 Å². The second kappa shape index (κ2) is 9.80. The lowest BCUT2D eigenvalue weighted by atomic mass is 10.0.